The summed E-state index contributed by atoms with van der Waals surface area (Å²) in [7, 11) is 0. The van der Waals surface area contributed by atoms with Gasteiger partial charge in [0, 0.05) is 44.8 Å². The lowest BCUT2D eigenvalue weighted by Gasteiger charge is -2.35. The summed E-state index contributed by atoms with van der Waals surface area (Å²) in [6.45, 7) is 8.61. The molecule has 212 valence electrons. The summed E-state index contributed by atoms with van der Waals surface area (Å²) in [6.07, 6.45) is -4.61. The normalized spacial score (nSPS) is 13.8. The summed E-state index contributed by atoms with van der Waals surface area (Å²) >= 11 is 0. The minimum atomic E-state index is -4.61. The van der Waals surface area contributed by atoms with Gasteiger partial charge in [-0.3, -0.25) is 9.59 Å². The first-order valence-corrected chi connectivity index (χ1v) is 13.3. The van der Waals surface area contributed by atoms with Crippen LogP contribution in [-0.4, -0.2) is 77.7 Å². The number of aromatic nitrogens is 2. The van der Waals surface area contributed by atoms with Gasteiger partial charge in [0.15, 0.2) is 11.5 Å². The molecule has 0 radical (unpaired) electrons. The lowest BCUT2D eigenvalue weighted by atomic mass is 9.98. The first-order chi connectivity index (χ1) is 19.1. The second-order valence-electron chi connectivity index (χ2n) is 9.29. The standard InChI is InChI=1S/C29H32F3N5O3/c1-4-35(5-2)28(39)25-10-11-26(34-33-25)36-12-14-37(15-13-36)27(38)22-16-21(17-23(18-22)29(30,31)32)20-8-7-9-24(19-20)40-6-3/h7-11,16-19H,4-6,12-15H2,1-3H3. The minimum absolute atomic E-state index is 0.0286. The molecular weight excluding hydrogens is 523 g/mol. The molecule has 2 amide bonds. The molecule has 0 saturated carbocycles. The van der Waals surface area contributed by atoms with Crippen molar-refractivity contribution < 1.29 is 27.5 Å². The number of nitrogens with zero attached hydrogens (tertiary/aromatic N) is 5. The van der Waals surface area contributed by atoms with E-state index in [1.165, 1.54) is 11.0 Å². The van der Waals surface area contributed by atoms with Crippen molar-refractivity contribution >= 4 is 17.6 Å². The first-order valence-electron chi connectivity index (χ1n) is 13.3. The Bertz CT molecular complexity index is 1340. The van der Waals surface area contributed by atoms with Crippen LogP contribution >= 0.6 is 0 Å². The van der Waals surface area contributed by atoms with Crippen LogP contribution in [-0.2, 0) is 6.18 Å². The van der Waals surface area contributed by atoms with E-state index >= 15 is 0 Å². The molecule has 2 heterocycles. The lowest BCUT2D eigenvalue weighted by molar-refractivity contribution is -0.137. The van der Waals surface area contributed by atoms with E-state index in [0.29, 0.717) is 63.0 Å². The first kappa shape index (κ1) is 28.8. The average Bonchev–Trinajstić information content (AvgIpc) is 2.97. The zero-order valence-corrected chi connectivity index (χ0v) is 22.7. The molecule has 0 unspecified atom stereocenters. The van der Waals surface area contributed by atoms with Crippen molar-refractivity contribution in [3.8, 4) is 16.9 Å². The molecule has 11 heteroatoms. The Kier molecular flexibility index (Phi) is 8.91. The molecule has 1 aliphatic rings. The number of halogens is 3. The van der Waals surface area contributed by atoms with E-state index in [1.54, 1.807) is 41.3 Å². The number of benzene rings is 2. The number of anilines is 1. The Balaban J connectivity index is 1.49. The van der Waals surface area contributed by atoms with Crippen molar-refractivity contribution in [2.75, 3.05) is 50.8 Å². The van der Waals surface area contributed by atoms with Crippen molar-refractivity contribution in [1.82, 2.24) is 20.0 Å². The fourth-order valence-electron chi connectivity index (χ4n) is 4.62. The molecule has 2 aromatic carbocycles. The zero-order chi connectivity index (χ0) is 28.9. The highest BCUT2D eigenvalue weighted by Crippen LogP contribution is 2.35. The molecule has 0 spiro atoms. The van der Waals surface area contributed by atoms with Crippen molar-refractivity contribution in [2.24, 2.45) is 0 Å². The SMILES string of the molecule is CCOc1cccc(-c2cc(C(=O)N3CCN(c4ccc(C(=O)N(CC)CC)nn4)CC3)cc(C(F)(F)F)c2)c1. The van der Waals surface area contributed by atoms with Gasteiger partial charge in [0.05, 0.1) is 12.2 Å². The number of hydrogen-bond acceptors (Lipinski definition) is 6. The molecule has 0 aliphatic carbocycles. The Morgan fingerprint density at radius 2 is 1.62 bits per heavy atom. The molecule has 1 fully saturated rings. The van der Waals surface area contributed by atoms with Crippen LogP contribution in [0.3, 0.4) is 0 Å². The number of rotatable bonds is 8. The maximum Gasteiger partial charge on any atom is 0.416 e. The van der Waals surface area contributed by atoms with Gasteiger partial charge in [-0.25, -0.2) is 0 Å². The Morgan fingerprint density at radius 1 is 0.900 bits per heavy atom. The number of alkyl halides is 3. The third-order valence-electron chi connectivity index (χ3n) is 6.80. The predicted molar refractivity (Wildman–Crippen MR) is 145 cm³/mol. The highest BCUT2D eigenvalue weighted by atomic mass is 19.4. The van der Waals surface area contributed by atoms with E-state index in [1.807, 2.05) is 25.7 Å². The molecule has 0 atom stereocenters. The molecule has 8 nitrogen and oxygen atoms in total. The highest BCUT2D eigenvalue weighted by Gasteiger charge is 2.33. The number of amides is 2. The van der Waals surface area contributed by atoms with Crippen LogP contribution in [0.5, 0.6) is 5.75 Å². The van der Waals surface area contributed by atoms with Gasteiger partial charge in [0.25, 0.3) is 11.8 Å². The Labute approximate surface area is 231 Å². The van der Waals surface area contributed by atoms with Crippen molar-refractivity contribution in [3.63, 3.8) is 0 Å². The average molecular weight is 556 g/mol. The largest absolute Gasteiger partial charge is 0.494 e. The van der Waals surface area contributed by atoms with E-state index < -0.39 is 17.6 Å². The molecule has 1 aliphatic heterocycles. The number of carbonyl (C=O) groups is 2. The maximum atomic E-state index is 13.8. The number of carbonyl (C=O) groups excluding carboxylic acids is 2. The van der Waals surface area contributed by atoms with E-state index in [0.717, 1.165) is 12.1 Å². The lowest BCUT2D eigenvalue weighted by Crippen LogP contribution is -2.49. The second-order valence-corrected chi connectivity index (χ2v) is 9.29. The van der Waals surface area contributed by atoms with Gasteiger partial charge in [-0.05, 0) is 74.4 Å². The predicted octanol–water partition coefficient (Wildman–Crippen LogP) is 5.01. The van der Waals surface area contributed by atoms with Gasteiger partial charge in [-0.15, -0.1) is 10.2 Å². The van der Waals surface area contributed by atoms with Crippen LogP contribution in [0.2, 0.25) is 0 Å². The molecule has 1 aromatic heterocycles. The van der Waals surface area contributed by atoms with Crippen LogP contribution < -0.4 is 9.64 Å². The zero-order valence-electron chi connectivity index (χ0n) is 22.7. The second kappa shape index (κ2) is 12.4. The van der Waals surface area contributed by atoms with Gasteiger partial charge in [-0.1, -0.05) is 12.1 Å². The summed E-state index contributed by atoms with van der Waals surface area (Å²) < 4.78 is 46.8. The van der Waals surface area contributed by atoms with Crippen molar-refractivity contribution in [2.45, 2.75) is 26.9 Å². The van der Waals surface area contributed by atoms with E-state index in [2.05, 4.69) is 10.2 Å². The third kappa shape index (κ3) is 6.52. The van der Waals surface area contributed by atoms with Gasteiger partial charge >= 0.3 is 6.18 Å². The fraction of sp³-hybridized carbons (Fsp3) is 0.379. The van der Waals surface area contributed by atoms with Crippen LogP contribution in [0.4, 0.5) is 19.0 Å². The van der Waals surface area contributed by atoms with E-state index in [4.69, 9.17) is 4.74 Å². The van der Waals surface area contributed by atoms with Crippen LogP contribution in [0.25, 0.3) is 11.1 Å². The van der Waals surface area contributed by atoms with E-state index in [9.17, 15) is 22.8 Å². The fourth-order valence-corrected chi connectivity index (χ4v) is 4.62. The van der Waals surface area contributed by atoms with Crippen molar-refractivity contribution in [1.29, 1.82) is 0 Å². The van der Waals surface area contributed by atoms with Gasteiger partial charge in [0.2, 0.25) is 0 Å². The van der Waals surface area contributed by atoms with Gasteiger partial charge in [0.1, 0.15) is 5.75 Å². The summed E-state index contributed by atoms with van der Waals surface area (Å²) in [4.78, 5) is 31.0. The number of piperazine rings is 1. The quantitative estimate of drug-likeness (QED) is 0.389. The summed E-state index contributed by atoms with van der Waals surface area (Å²) in [6, 6.07) is 13.6. The highest BCUT2D eigenvalue weighted by molar-refractivity contribution is 5.96. The molecule has 1 saturated heterocycles. The summed E-state index contributed by atoms with van der Waals surface area (Å²) in [5.74, 6) is 0.442. The molecule has 4 rings (SSSR count). The Morgan fingerprint density at radius 3 is 2.23 bits per heavy atom. The van der Waals surface area contributed by atoms with Crippen LogP contribution in [0, 0.1) is 0 Å². The molecule has 3 aromatic rings. The maximum absolute atomic E-state index is 13.8. The van der Waals surface area contributed by atoms with Gasteiger partial charge in [-0.2, -0.15) is 13.2 Å². The van der Waals surface area contributed by atoms with Crippen LogP contribution in [0.1, 0.15) is 47.2 Å². The minimum Gasteiger partial charge on any atom is -0.494 e. The molecule has 0 bridgehead atoms. The topological polar surface area (TPSA) is 78.9 Å². The number of ether oxygens (including phenoxy) is 1. The third-order valence-corrected chi connectivity index (χ3v) is 6.80. The molecular formula is C29H32F3N5O3. The van der Waals surface area contributed by atoms with E-state index in [-0.39, 0.29) is 22.7 Å². The van der Waals surface area contributed by atoms with Crippen LogP contribution in [0.15, 0.2) is 54.6 Å². The number of hydrogen-bond donors (Lipinski definition) is 0. The molecule has 40 heavy (non-hydrogen) atoms. The Hall–Kier alpha value is -4.15. The smallest absolute Gasteiger partial charge is 0.416 e. The summed E-state index contributed by atoms with van der Waals surface area (Å²) in [5, 5.41) is 8.28. The molecule has 0 N–H and O–H groups in total. The monoisotopic (exact) mass is 555 g/mol. The van der Waals surface area contributed by atoms with Gasteiger partial charge < -0.3 is 19.4 Å². The summed E-state index contributed by atoms with van der Waals surface area (Å²) in [5.41, 5.74) is 0.154. The van der Waals surface area contributed by atoms with Crippen molar-refractivity contribution in [3.05, 3.63) is 71.4 Å².